The molecule has 24 heavy (non-hydrogen) atoms. The minimum absolute atomic E-state index is 0.0809. The van der Waals surface area contributed by atoms with Crippen molar-refractivity contribution in [3.8, 4) is 0 Å². The van der Waals surface area contributed by atoms with Crippen LogP contribution in [0.2, 0.25) is 10.0 Å². The van der Waals surface area contributed by atoms with Crippen molar-refractivity contribution in [2.24, 2.45) is 10.7 Å². The lowest BCUT2D eigenvalue weighted by Gasteiger charge is -2.25. The highest BCUT2D eigenvalue weighted by atomic mass is 35.5. The summed E-state index contributed by atoms with van der Waals surface area (Å²) >= 11 is 13.5. The third kappa shape index (κ3) is 4.03. The molecule has 1 amide bonds. The van der Waals surface area contributed by atoms with E-state index in [1.165, 1.54) is 7.11 Å². The Labute approximate surface area is 153 Å². The van der Waals surface area contributed by atoms with Gasteiger partial charge in [-0.3, -0.25) is 9.59 Å². The van der Waals surface area contributed by atoms with Gasteiger partial charge in [0.1, 0.15) is 6.04 Å². The Morgan fingerprint density at radius 3 is 2.75 bits per heavy atom. The van der Waals surface area contributed by atoms with Gasteiger partial charge in [0.05, 0.1) is 28.5 Å². The normalized spacial score (nSPS) is 17.2. The molecule has 1 aromatic carbocycles. The van der Waals surface area contributed by atoms with Gasteiger partial charge in [0.15, 0.2) is 5.17 Å². The van der Waals surface area contributed by atoms with Crippen molar-refractivity contribution in [2.45, 2.75) is 13.0 Å². The van der Waals surface area contributed by atoms with Crippen molar-refractivity contribution in [2.75, 3.05) is 12.9 Å². The van der Waals surface area contributed by atoms with Gasteiger partial charge in [-0.05, 0) is 13.0 Å². The molecule has 3 N–H and O–H groups in total. The molecule has 0 fully saturated rings. The Bertz CT molecular complexity index is 749. The van der Waals surface area contributed by atoms with Crippen molar-refractivity contribution in [1.82, 2.24) is 5.32 Å². The molecule has 0 aromatic heterocycles. The molecule has 0 radical (unpaired) electrons. The van der Waals surface area contributed by atoms with E-state index in [-0.39, 0.29) is 11.7 Å². The van der Waals surface area contributed by atoms with E-state index in [4.69, 9.17) is 28.9 Å². The number of nitrogens with zero attached hydrogens (tertiary/aromatic N) is 1. The molecule has 1 aromatic rings. The monoisotopic (exact) mass is 387 g/mol. The van der Waals surface area contributed by atoms with Gasteiger partial charge in [0.25, 0.3) is 0 Å². The molecular formula is C15H15Cl2N3O3S. The summed E-state index contributed by atoms with van der Waals surface area (Å²) in [6.45, 7) is 1.71. The zero-order chi connectivity index (χ0) is 17.9. The predicted octanol–water partition coefficient (Wildman–Crippen LogP) is 2.66. The van der Waals surface area contributed by atoms with Crippen molar-refractivity contribution in [1.29, 1.82) is 0 Å². The maximum absolute atomic E-state index is 11.9. The highest BCUT2D eigenvalue weighted by Crippen LogP contribution is 2.38. The Kier molecular flexibility index (Phi) is 6.15. The molecule has 1 aliphatic heterocycles. The van der Waals surface area contributed by atoms with Crippen LogP contribution in [0.4, 0.5) is 0 Å². The lowest BCUT2D eigenvalue weighted by molar-refractivity contribution is -0.137. The quantitative estimate of drug-likeness (QED) is 0.774. The number of primary amides is 1. The van der Waals surface area contributed by atoms with E-state index in [9.17, 15) is 9.59 Å². The second-order valence-corrected chi connectivity index (χ2v) is 6.62. The van der Waals surface area contributed by atoms with Gasteiger partial charge in [-0.2, -0.15) is 0 Å². The fraction of sp³-hybridized carbons (Fsp3) is 0.267. The second-order valence-electron chi connectivity index (χ2n) is 4.87. The Morgan fingerprint density at radius 2 is 2.12 bits per heavy atom. The summed E-state index contributed by atoms with van der Waals surface area (Å²) in [4.78, 5) is 27.6. The Hall–Kier alpha value is -1.70. The van der Waals surface area contributed by atoms with Crippen molar-refractivity contribution < 1.29 is 14.3 Å². The summed E-state index contributed by atoms with van der Waals surface area (Å²) in [5.41, 5.74) is 6.90. The van der Waals surface area contributed by atoms with Gasteiger partial charge in [0, 0.05) is 11.3 Å². The van der Waals surface area contributed by atoms with Gasteiger partial charge < -0.3 is 15.8 Å². The van der Waals surface area contributed by atoms with Gasteiger partial charge >= 0.3 is 5.97 Å². The molecule has 128 valence electrons. The largest absolute Gasteiger partial charge is 0.468 e. The van der Waals surface area contributed by atoms with Crippen LogP contribution in [0.25, 0.3) is 0 Å². The Morgan fingerprint density at radius 1 is 1.42 bits per heavy atom. The number of ether oxygens (including phenoxy) is 1. The zero-order valence-corrected chi connectivity index (χ0v) is 15.3. The highest BCUT2D eigenvalue weighted by Gasteiger charge is 2.30. The van der Waals surface area contributed by atoms with Crippen LogP contribution < -0.4 is 11.1 Å². The summed E-state index contributed by atoms with van der Waals surface area (Å²) in [7, 11) is 1.31. The van der Waals surface area contributed by atoms with Crippen LogP contribution in [0.3, 0.4) is 0 Å². The second kappa shape index (κ2) is 7.92. The van der Waals surface area contributed by atoms with E-state index in [2.05, 4.69) is 15.0 Å². The number of methoxy groups -OCH3 is 1. The number of amidine groups is 1. The average molecular weight is 388 g/mol. The lowest BCUT2D eigenvalue weighted by atomic mass is 9.96. The predicted molar refractivity (Wildman–Crippen MR) is 96.1 cm³/mol. The van der Waals surface area contributed by atoms with E-state index < -0.39 is 11.9 Å². The maximum Gasteiger partial charge on any atom is 0.316 e. The molecule has 2 rings (SSSR count). The fourth-order valence-corrected chi connectivity index (χ4v) is 3.37. The molecule has 0 bridgehead atoms. The van der Waals surface area contributed by atoms with Gasteiger partial charge in [-0.1, -0.05) is 47.1 Å². The standard InChI is InChI=1S/C15H15Cl2N3O3S/c1-7-11(14(18)22)13(8-4-3-5-9(16)12(8)17)20-15(19-7)24-6-10(21)23-2/h3-5,13H,6H2,1-2H3,(H2,18,22)(H,19,20)/t13-/m1/s1. The number of carbonyl (C=O) groups is 2. The van der Waals surface area contributed by atoms with Crippen LogP contribution in [0, 0.1) is 0 Å². The number of rotatable bonds is 4. The molecule has 0 saturated heterocycles. The molecule has 1 heterocycles. The molecule has 0 saturated carbocycles. The van der Waals surface area contributed by atoms with Crippen molar-refractivity contribution >= 4 is 52.0 Å². The molecule has 0 aliphatic carbocycles. The number of thioether (sulfide) groups is 1. The Balaban J connectivity index is 2.42. The van der Waals surface area contributed by atoms with Crippen LogP contribution in [0.15, 0.2) is 34.5 Å². The summed E-state index contributed by atoms with van der Waals surface area (Å²) in [6, 6.07) is 4.39. The molecule has 0 unspecified atom stereocenters. The third-order valence-electron chi connectivity index (χ3n) is 3.31. The van der Waals surface area contributed by atoms with E-state index in [1.807, 2.05) is 0 Å². The number of halogens is 2. The first-order valence-electron chi connectivity index (χ1n) is 6.84. The summed E-state index contributed by atoms with van der Waals surface area (Å²) in [5.74, 6) is -0.914. The average Bonchev–Trinajstić information content (AvgIpc) is 2.54. The van der Waals surface area contributed by atoms with Crippen LogP contribution in [0.5, 0.6) is 0 Å². The molecule has 9 heteroatoms. The maximum atomic E-state index is 11.9. The number of amides is 1. The summed E-state index contributed by atoms with van der Waals surface area (Å²) in [6.07, 6.45) is 0. The smallest absolute Gasteiger partial charge is 0.316 e. The number of benzene rings is 1. The molecular weight excluding hydrogens is 373 g/mol. The number of nitrogens with one attached hydrogen (secondary N) is 1. The first-order valence-corrected chi connectivity index (χ1v) is 8.58. The van der Waals surface area contributed by atoms with Crippen molar-refractivity contribution in [3.63, 3.8) is 0 Å². The molecule has 6 nitrogen and oxygen atoms in total. The number of nitrogens with two attached hydrogens (primary N) is 1. The number of esters is 1. The number of carbonyl (C=O) groups excluding carboxylic acids is 2. The third-order valence-corrected chi connectivity index (χ3v) is 5.01. The fourth-order valence-electron chi connectivity index (χ4n) is 2.18. The number of aliphatic imine (C=N–C) groups is 1. The zero-order valence-electron chi connectivity index (χ0n) is 12.9. The first kappa shape index (κ1) is 18.6. The molecule has 0 spiro atoms. The van der Waals surface area contributed by atoms with Crippen LogP contribution >= 0.6 is 35.0 Å². The van der Waals surface area contributed by atoms with Crippen molar-refractivity contribution in [3.05, 3.63) is 45.1 Å². The minimum Gasteiger partial charge on any atom is -0.468 e. The van der Waals surface area contributed by atoms with E-state index in [0.29, 0.717) is 32.0 Å². The lowest BCUT2D eigenvalue weighted by Crippen LogP contribution is -2.32. The van der Waals surface area contributed by atoms with Gasteiger partial charge in [-0.25, -0.2) is 4.99 Å². The summed E-state index contributed by atoms with van der Waals surface area (Å²) < 4.78 is 4.61. The SMILES string of the molecule is COC(=O)CSC1=N[C@H](c2cccc(Cl)c2Cl)C(C(N)=O)=C(C)N1. The van der Waals surface area contributed by atoms with Gasteiger partial charge in [-0.15, -0.1) is 0 Å². The van der Waals surface area contributed by atoms with Crippen LogP contribution in [-0.4, -0.2) is 29.9 Å². The van der Waals surface area contributed by atoms with E-state index in [0.717, 1.165) is 11.8 Å². The summed E-state index contributed by atoms with van der Waals surface area (Å²) in [5, 5.41) is 4.09. The molecule has 1 atom stereocenters. The van der Waals surface area contributed by atoms with Crippen LogP contribution in [-0.2, 0) is 14.3 Å². The van der Waals surface area contributed by atoms with Gasteiger partial charge in [0.2, 0.25) is 5.91 Å². The topological polar surface area (TPSA) is 93.8 Å². The highest BCUT2D eigenvalue weighted by molar-refractivity contribution is 8.14. The molecule has 1 aliphatic rings. The number of hydrogen-bond donors (Lipinski definition) is 2. The number of allylic oxidation sites excluding steroid dienone is 1. The number of hydrogen-bond acceptors (Lipinski definition) is 6. The minimum atomic E-state index is -0.699. The van der Waals surface area contributed by atoms with Crippen LogP contribution in [0.1, 0.15) is 18.5 Å². The first-order chi connectivity index (χ1) is 11.3. The van der Waals surface area contributed by atoms with E-state index >= 15 is 0 Å². The van der Waals surface area contributed by atoms with E-state index in [1.54, 1.807) is 25.1 Å².